The van der Waals surface area contributed by atoms with Gasteiger partial charge in [-0.3, -0.25) is 4.79 Å². The quantitative estimate of drug-likeness (QED) is 0.893. The fraction of sp³-hybridized carbons (Fsp3) is 0.500. The van der Waals surface area contributed by atoms with E-state index in [0.717, 1.165) is 0 Å². The van der Waals surface area contributed by atoms with Crippen LogP contribution in [-0.4, -0.2) is 55.0 Å². The van der Waals surface area contributed by atoms with Crippen LogP contribution in [0.25, 0.3) is 0 Å². The average Bonchev–Trinajstić information content (AvgIpc) is 2.55. The molecule has 1 aromatic rings. The molecule has 1 heterocycles. The minimum atomic E-state index is -2.94. The lowest BCUT2D eigenvalue weighted by Crippen LogP contribution is -2.53. The maximum absolute atomic E-state index is 12.5. The van der Waals surface area contributed by atoms with Crippen LogP contribution in [0.5, 0.6) is 5.75 Å². The van der Waals surface area contributed by atoms with Crippen molar-refractivity contribution < 1.29 is 23.1 Å². The van der Waals surface area contributed by atoms with Gasteiger partial charge in [0.05, 0.1) is 6.04 Å². The molecule has 1 N–H and O–H groups in total. The molecule has 0 unspecified atom stereocenters. The molecule has 1 atom stereocenters. The number of urea groups is 1. The lowest BCUT2D eigenvalue weighted by atomic mass is 10.0. The van der Waals surface area contributed by atoms with E-state index < -0.39 is 18.7 Å². The summed E-state index contributed by atoms with van der Waals surface area (Å²) in [6.45, 7) is -0.198. The summed E-state index contributed by atoms with van der Waals surface area (Å²) < 4.78 is 29.6. The molecule has 6 nitrogen and oxygen atoms in total. The van der Waals surface area contributed by atoms with Crippen LogP contribution in [-0.2, 0) is 4.79 Å². The molecule has 3 amide bonds. The predicted octanol–water partition coefficient (Wildman–Crippen LogP) is 2.22. The number of benzene rings is 1. The highest BCUT2D eigenvalue weighted by Crippen LogP contribution is 2.28. The van der Waals surface area contributed by atoms with Crippen LogP contribution in [0.1, 0.15) is 24.9 Å². The molecule has 1 fully saturated rings. The van der Waals surface area contributed by atoms with Gasteiger partial charge in [0.15, 0.2) is 0 Å². The minimum Gasteiger partial charge on any atom is -0.434 e. The molecule has 1 aliphatic rings. The number of carbonyl (C=O) groups is 2. The number of para-hydroxylation sites is 1. The van der Waals surface area contributed by atoms with E-state index in [0.29, 0.717) is 25.1 Å². The number of likely N-dealkylation sites (N-methyl/N-ethyl adjacent to an activating group) is 1. The highest BCUT2D eigenvalue weighted by Gasteiger charge is 2.27. The van der Waals surface area contributed by atoms with E-state index in [1.165, 1.54) is 11.0 Å². The normalized spacial score (nSPS) is 16.3. The maximum atomic E-state index is 12.5. The third-order valence-electron chi connectivity index (χ3n) is 3.96. The number of rotatable bonds is 5. The van der Waals surface area contributed by atoms with Crippen molar-refractivity contribution in [1.29, 1.82) is 0 Å². The van der Waals surface area contributed by atoms with Crippen molar-refractivity contribution in [3.05, 3.63) is 29.8 Å². The highest BCUT2D eigenvalue weighted by atomic mass is 19.3. The molecule has 2 rings (SSSR count). The van der Waals surface area contributed by atoms with Crippen molar-refractivity contribution >= 4 is 11.9 Å². The van der Waals surface area contributed by atoms with Gasteiger partial charge in [0.2, 0.25) is 5.91 Å². The molecular formula is C16H21F2N3O3. The summed E-state index contributed by atoms with van der Waals surface area (Å²) in [6.07, 6.45) is 0.497. The molecular weight excluding hydrogens is 320 g/mol. The Morgan fingerprint density at radius 3 is 2.67 bits per heavy atom. The summed E-state index contributed by atoms with van der Waals surface area (Å²) in [7, 11) is 1.68. The van der Waals surface area contributed by atoms with Gasteiger partial charge in [-0.1, -0.05) is 25.1 Å². The first-order chi connectivity index (χ1) is 11.4. The number of halogens is 2. The Bertz CT molecular complexity index is 598. The zero-order chi connectivity index (χ0) is 17.7. The van der Waals surface area contributed by atoms with Crippen molar-refractivity contribution in [3.8, 4) is 5.75 Å². The van der Waals surface area contributed by atoms with E-state index in [2.05, 4.69) is 10.1 Å². The fourth-order valence-electron chi connectivity index (χ4n) is 2.54. The van der Waals surface area contributed by atoms with Crippen LogP contribution in [0.4, 0.5) is 13.6 Å². The molecule has 0 aliphatic carbocycles. The second kappa shape index (κ2) is 7.94. The van der Waals surface area contributed by atoms with Crippen LogP contribution >= 0.6 is 0 Å². The first-order valence-corrected chi connectivity index (χ1v) is 7.75. The second-order valence-corrected chi connectivity index (χ2v) is 5.56. The molecule has 1 aliphatic heterocycles. The van der Waals surface area contributed by atoms with Gasteiger partial charge < -0.3 is 19.9 Å². The Hall–Kier alpha value is -2.38. The number of piperazine rings is 1. The van der Waals surface area contributed by atoms with E-state index in [4.69, 9.17) is 0 Å². The smallest absolute Gasteiger partial charge is 0.387 e. The number of nitrogens with zero attached hydrogens (tertiary/aromatic N) is 2. The third kappa shape index (κ3) is 4.33. The molecule has 0 spiro atoms. The Labute approximate surface area is 139 Å². The first-order valence-electron chi connectivity index (χ1n) is 7.75. The summed E-state index contributed by atoms with van der Waals surface area (Å²) in [5.74, 6) is -0.0972. The zero-order valence-electron chi connectivity index (χ0n) is 13.7. The van der Waals surface area contributed by atoms with Gasteiger partial charge in [-0.2, -0.15) is 8.78 Å². The summed E-state index contributed by atoms with van der Waals surface area (Å²) in [5.41, 5.74) is 0.481. The van der Waals surface area contributed by atoms with E-state index in [-0.39, 0.29) is 18.2 Å². The monoisotopic (exact) mass is 341 g/mol. The van der Waals surface area contributed by atoms with Crippen molar-refractivity contribution in [1.82, 2.24) is 15.1 Å². The van der Waals surface area contributed by atoms with Gasteiger partial charge >= 0.3 is 12.6 Å². The standard InChI is InChI=1S/C16H21F2N3O3/c1-3-12(11-6-4-5-7-13(11)24-15(17)18)19-16(23)21-9-8-20(2)14(22)10-21/h4-7,12,15H,3,8-10H2,1-2H3,(H,19,23)/t12-/m0/s1. The molecule has 0 radical (unpaired) electrons. The molecule has 1 saturated heterocycles. The van der Waals surface area contributed by atoms with E-state index >= 15 is 0 Å². The van der Waals surface area contributed by atoms with Crippen LogP contribution in [0.2, 0.25) is 0 Å². The number of carbonyl (C=O) groups excluding carboxylic acids is 2. The van der Waals surface area contributed by atoms with Crippen molar-refractivity contribution in [3.63, 3.8) is 0 Å². The van der Waals surface area contributed by atoms with E-state index in [9.17, 15) is 18.4 Å². The van der Waals surface area contributed by atoms with Gasteiger partial charge in [0.25, 0.3) is 0 Å². The lowest BCUT2D eigenvalue weighted by molar-refractivity contribution is -0.133. The Morgan fingerprint density at radius 1 is 1.33 bits per heavy atom. The molecule has 0 aromatic heterocycles. The number of nitrogens with one attached hydrogen (secondary N) is 1. The third-order valence-corrected chi connectivity index (χ3v) is 3.96. The van der Waals surface area contributed by atoms with Crippen LogP contribution < -0.4 is 10.1 Å². The Morgan fingerprint density at radius 2 is 2.04 bits per heavy atom. The minimum absolute atomic E-state index is 0.00789. The van der Waals surface area contributed by atoms with Crippen LogP contribution in [0, 0.1) is 0 Å². The average molecular weight is 341 g/mol. The summed E-state index contributed by atoms with van der Waals surface area (Å²) in [6, 6.07) is 5.49. The molecule has 132 valence electrons. The Kier molecular flexibility index (Phi) is 5.94. The Balaban J connectivity index is 2.09. The molecule has 24 heavy (non-hydrogen) atoms. The maximum Gasteiger partial charge on any atom is 0.387 e. The number of ether oxygens (including phenoxy) is 1. The van der Waals surface area contributed by atoms with Crippen LogP contribution in [0.3, 0.4) is 0 Å². The van der Waals surface area contributed by atoms with Gasteiger partial charge in [0.1, 0.15) is 12.3 Å². The van der Waals surface area contributed by atoms with E-state index in [1.807, 2.05) is 6.92 Å². The predicted molar refractivity (Wildman–Crippen MR) is 83.8 cm³/mol. The zero-order valence-corrected chi connectivity index (χ0v) is 13.7. The largest absolute Gasteiger partial charge is 0.434 e. The molecule has 0 bridgehead atoms. The highest BCUT2D eigenvalue weighted by molar-refractivity contribution is 5.85. The van der Waals surface area contributed by atoms with Crippen molar-refractivity contribution in [2.75, 3.05) is 26.7 Å². The van der Waals surface area contributed by atoms with Gasteiger partial charge in [-0.25, -0.2) is 4.79 Å². The van der Waals surface area contributed by atoms with Crippen molar-refractivity contribution in [2.45, 2.75) is 26.0 Å². The number of hydrogen-bond donors (Lipinski definition) is 1. The fourth-order valence-corrected chi connectivity index (χ4v) is 2.54. The van der Waals surface area contributed by atoms with Gasteiger partial charge in [-0.05, 0) is 12.5 Å². The lowest BCUT2D eigenvalue weighted by Gasteiger charge is -2.33. The van der Waals surface area contributed by atoms with Gasteiger partial charge in [-0.15, -0.1) is 0 Å². The summed E-state index contributed by atoms with van der Waals surface area (Å²) in [4.78, 5) is 27.1. The summed E-state index contributed by atoms with van der Waals surface area (Å²) >= 11 is 0. The molecule has 0 saturated carbocycles. The number of amides is 3. The summed E-state index contributed by atoms with van der Waals surface area (Å²) in [5, 5.41) is 2.79. The second-order valence-electron chi connectivity index (χ2n) is 5.56. The first kappa shape index (κ1) is 18.0. The SMILES string of the molecule is CC[C@H](NC(=O)N1CCN(C)C(=O)C1)c1ccccc1OC(F)F. The topological polar surface area (TPSA) is 61.9 Å². The molecule has 1 aromatic carbocycles. The molecule has 8 heteroatoms. The number of alkyl halides is 2. The number of hydrogen-bond acceptors (Lipinski definition) is 3. The van der Waals surface area contributed by atoms with Crippen molar-refractivity contribution in [2.24, 2.45) is 0 Å². The van der Waals surface area contributed by atoms with Gasteiger partial charge in [0, 0.05) is 25.7 Å². The van der Waals surface area contributed by atoms with E-state index in [1.54, 1.807) is 30.1 Å². The van der Waals surface area contributed by atoms with Crippen LogP contribution in [0.15, 0.2) is 24.3 Å².